The lowest BCUT2D eigenvalue weighted by atomic mass is 9.94. The first-order valence-electron chi connectivity index (χ1n) is 8.81. The molecule has 1 fully saturated rings. The van der Waals surface area contributed by atoms with Crippen LogP contribution in [0.4, 0.5) is 0 Å². The Labute approximate surface area is 152 Å². The maximum Gasteiger partial charge on any atom is 0.305 e. The second kappa shape index (κ2) is 9.33. The number of ether oxygens (including phenoxy) is 2. The lowest BCUT2D eigenvalue weighted by Gasteiger charge is -2.26. The maximum atomic E-state index is 12.2. The highest BCUT2D eigenvalue weighted by atomic mass is 16.5. The molecular weight excluding hydrogens is 338 g/mol. The number of carbonyl (C=O) groups is 3. The van der Waals surface area contributed by atoms with Gasteiger partial charge in [-0.15, -0.1) is 0 Å². The van der Waals surface area contributed by atoms with Crippen molar-refractivity contribution >= 4 is 17.7 Å². The first kappa shape index (κ1) is 19.9. The highest BCUT2D eigenvalue weighted by Crippen LogP contribution is 2.23. The number of rotatable bonds is 10. The first-order valence-corrected chi connectivity index (χ1v) is 8.81. The second-order valence-corrected chi connectivity index (χ2v) is 6.50. The number of carboxylic acid groups (broad SMARTS) is 1. The molecule has 26 heavy (non-hydrogen) atoms. The van der Waals surface area contributed by atoms with Crippen molar-refractivity contribution in [1.29, 1.82) is 0 Å². The summed E-state index contributed by atoms with van der Waals surface area (Å²) in [4.78, 5) is 35.4. The van der Waals surface area contributed by atoms with Crippen LogP contribution in [0.1, 0.15) is 49.4 Å². The minimum Gasteiger partial charge on any atom is -0.494 e. The van der Waals surface area contributed by atoms with Crippen molar-refractivity contribution in [2.24, 2.45) is 0 Å². The molecule has 1 atom stereocenters. The van der Waals surface area contributed by atoms with Gasteiger partial charge in [-0.05, 0) is 37.1 Å². The van der Waals surface area contributed by atoms with Crippen molar-refractivity contribution in [1.82, 2.24) is 5.32 Å². The van der Waals surface area contributed by atoms with E-state index >= 15 is 0 Å². The average molecular weight is 363 g/mol. The fraction of sp³-hybridized carbons (Fsp3) is 0.526. The van der Waals surface area contributed by atoms with E-state index in [-0.39, 0.29) is 37.6 Å². The number of hydrogen-bond donors (Lipinski definition) is 2. The Morgan fingerprint density at radius 1 is 1.23 bits per heavy atom. The molecular formula is C19H25NO6. The van der Waals surface area contributed by atoms with Crippen molar-refractivity contribution in [3.63, 3.8) is 0 Å². The van der Waals surface area contributed by atoms with Gasteiger partial charge in [0, 0.05) is 25.0 Å². The highest BCUT2D eigenvalue weighted by Gasteiger charge is 2.38. The van der Waals surface area contributed by atoms with Crippen LogP contribution < -0.4 is 10.1 Å². The fourth-order valence-corrected chi connectivity index (χ4v) is 2.87. The Kier molecular flexibility index (Phi) is 7.15. The van der Waals surface area contributed by atoms with Gasteiger partial charge in [0.25, 0.3) is 0 Å². The summed E-state index contributed by atoms with van der Waals surface area (Å²) >= 11 is 0. The number of carboxylic acids is 1. The minimum absolute atomic E-state index is 0.00822. The van der Waals surface area contributed by atoms with Crippen LogP contribution in [0.2, 0.25) is 0 Å². The zero-order valence-corrected chi connectivity index (χ0v) is 15.0. The zero-order chi connectivity index (χ0) is 19.0. The van der Waals surface area contributed by atoms with Gasteiger partial charge >= 0.3 is 5.97 Å². The largest absolute Gasteiger partial charge is 0.494 e. The molecule has 142 valence electrons. The normalized spacial score (nSPS) is 19.1. The summed E-state index contributed by atoms with van der Waals surface area (Å²) < 4.78 is 10.7. The Balaban J connectivity index is 1.84. The summed E-state index contributed by atoms with van der Waals surface area (Å²) in [6, 6.07) is 6.84. The second-order valence-electron chi connectivity index (χ2n) is 6.50. The number of aliphatic carboxylic acids is 1. The molecule has 1 aromatic rings. The van der Waals surface area contributed by atoms with E-state index in [0.717, 1.165) is 6.42 Å². The predicted octanol–water partition coefficient (Wildman–Crippen LogP) is 2.19. The smallest absolute Gasteiger partial charge is 0.305 e. The van der Waals surface area contributed by atoms with Gasteiger partial charge in [-0.3, -0.25) is 14.4 Å². The summed E-state index contributed by atoms with van der Waals surface area (Å²) in [5.74, 6) is -0.764. The van der Waals surface area contributed by atoms with E-state index in [1.807, 2.05) is 6.92 Å². The van der Waals surface area contributed by atoms with Crippen molar-refractivity contribution in [3.8, 4) is 5.75 Å². The Hall–Kier alpha value is -2.41. The zero-order valence-electron chi connectivity index (χ0n) is 15.0. The SMILES string of the molecule is CCCOc1ccc(C(=O)CCC(=O)NC2(CC(=O)O)CCOC2)cc1. The Morgan fingerprint density at radius 3 is 2.54 bits per heavy atom. The van der Waals surface area contributed by atoms with Gasteiger partial charge in [0.2, 0.25) is 5.91 Å². The van der Waals surface area contributed by atoms with E-state index in [1.54, 1.807) is 24.3 Å². The summed E-state index contributed by atoms with van der Waals surface area (Å²) in [6.45, 7) is 3.23. The van der Waals surface area contributed by atoms with Crippen LogP contribution in [-0.4, -0.2) is 48.1 Å². The third kappa shape index (κ3) is 5.84. The van der Waals surface area contributed by atoms with Crippen LogP contribution in [0, 0.1) is 0 Å². The third-order valence-electron chi connectivity index (χ3n) is 4.23. The molecule has 7 heteroatoms. The van der Waals surface area contributed by atoms with Gasteiger partial charge in [-0.1, -0.05) is 6.92 Å². The maximum absolute atomic E-state index is 12.2. The van der Waals surface area contributed by atoms with Gasteiger partial charge in [0.15, 0.2) is 5.78 Å². The molecule has 1 aromatic carbocycles. The van der Waals surface area contributed by atoms with Crippen LogP contribution in [0.25, 0.3) is 0 Å². The first-order chi connectivity index (χ1) is 12.4. The van der Waals surface area contributed by atoms with Crippen LogP contribution in [0.5, 0.6) is 5.75 Å². The van der Waals surface area contributed by atoms with Crippen LogP contribution >= 0.6 is 0 Å². The minimum atomic E-state index is -0.989. The molecule has 2 rings (SSSR count). The molecule has 0 spiro atoms. The molecule has 2 N–H and O–H groups in total. The molecule has 1 heterocycles. The van der Waals surface area contributed by atoms with Crippen LogP contribution in [-0.2, 0) is 14.3 Å². The number of hydrogen-bond acceptors (Lipinski definition) is 5. The molecule has 0 radical (unpaired) electrons. The fourth-order valence-electron chi connectivity index (χ4n) is 2.87. The van der Waals surface area contributed by atoms with Gasteiger partial charge < -0.3 is 19.9 Å². The number of nitrogens with one attached hydrogen (secondary N) is 1. The van der Waals surface area contributed by atoms with E-state index in [4.69, 9.17) is 14.6 Å². The van der Waals surface area contributed by atoms with Gasteiger partial charge in [0.05, 0.1) is 25.2 Å². The molecule has 1 aliphatic heterocycles. The molecule has 0 saturated carbocycles. The topological polar surface area (TPSA) is 102 Å². The van der Waals surface area contributed by atoms with Gasteiger partial charge in [0.1, 0.15) is 5.75 Å². The van der Waals surface area contributed by atoms with Gasteiger partial charge in [-0.2, -0.15) is 0 Å². The van der Waals surface area contributed by atoms with Crippen molar-refractivity contribution in [2.75, 3.05) is 19.8 Å². The molecule has 0 aromatic heterocycles. The van der Waals surface area contributed by atoms with Crippen molar-refractivity contribution in [2.45, 2.75) is 44.6 Å². The van der Waals surface area contributed by atoms with E-state index in [1.165, 1.54) is 0 Å². The van der Waals surface area contributed by atoms with E-state index in [2.05, 4.69) is 5.32 Å². The van der Waals surface area contributed by atoms with Gasteiger partial charge in [-0.25, -0.2) is 0 Å². The molecule has 1 saturated heterocycles. The van der Waals surface area contributed by atoms with Crippen LogP contribution in [0.15, 0.2) is 24.3 Å². The molecule has 1 aliphatic rings. The molecule has 7 nitrogen and oxygen atoms in total. The summed E-state index contributed by atoms with van der Waals surface area (Å²) in [5, 5.41) is 11.8. The summed E-state index contributed by atoms with van der Waals surface area (Å²) in [5.41, 5.74) is -0.351. The molecule has 0 bridgehead atoms. The van der Waals surface area contributed by atoms with Crippen molar-refractivity contribution in [3.05, 3.63) is 29.8 Å². The molecule has 0 aliphatic carbocycles. The Morgan fingerprint density at radius 2 is 1.96 bits per heavy atom. The Bertz CT molecular complexity index is 634. The number of carbonyl (C=O) groups excluding carboxylic acids is 2. The van der Waals surface area contributed by atoms with Crippen molar-refractivity contribution < 1.29 is 29.0 Å². The molecule has 1 amide bonds. The monoisotopic (exact) mass is 363 g/mol. The highest BCUT2D eigenvalue weighted by molar-refractivity contribution is 5.98. The number of benzene rings is 1. The molecule has 1 unspecified atom stereocenters. The quantitative estimate of drug-likeness (QED) is 0.618. The van der Waals surface area contributed by atoms with E-state index in [0.29, 0.717) is 30.9 Å². The lowest BCUT2D eigenvalue weighted by molar-refractivity contribution is -0.139. The average Bonchev–Trinajstić information content (AvgIpc) is 3.05. The lowest BCUT2D eigenvalue weighted by Crippen LogP contribution is -2.50. The predicted molar refractivity (Wildman–Crippen MR) is 94.4 cm³/mol. The van der Waals surface area contributed by atoms with E-state index in [9.17, 15) is 14.4 Å². The number of Topliss-reactive ketones (excluding diaryl/α,β-unsaturated/α-hetero) is 1. The summed E-state index contributed by atoms with van der Waals surface area (Å²) in [7, 11) is 0. The standard InChI is InChI=1S/C19H25NO6/c1-2-10-26-15-5-3-14(4-6-15)16(21)7-8-17(22)20-19(12-18(23)24)9-11-25-13-19/h3-6H,2,7-13H2,1H3,(H,20,22)(H,23,24). The third-order valence-corrected chi connectivity index (χ3v) is 4.23. The number of amides is 1. The summed E-state index contributed by atoms with van der Waals surface area (Å²) in [6.07, 6.45) is 1.24. The van der Waals surface area contributed by atoms with Crippen LogP contribution in [0.3, 0.4) is 0 Å². The number of ketones is 1. The van der Waals surface area contributed by atoms with E-state index < -0.39 is 11.5 Å².